The molecule has 1 amide bonds. The van der Waals surface area contributed by atoms with Crippen molar-refractivity contribution < 1.29 is 19.0 Å². The van der Waals surface area contributed by atoms with Crippen molar-refractivity contribution in [1.82, 2.24) is 5.43 Å². The van der Waals surface area contributed by atoms with Crippen LogP contribution in [0.2, 0.25) is 0 Å². The van der Waals surface area contributed by atoms with Gasteiger partial charge in [-0.15, -0.1) is 0 Å². The Morgan fingerprint density at radius 1 is 1.12 bits per heavy atom. The molecule has 0 aliphatic rings. The van der Waals surface area contributed by atoms with E-state index in [1.54, 1.807) is 31.4 Å². The van der Waals surface area contributed by atoms with Crippen LogP contribution in [-0.4, -0.2) is 32.4 Å². The van der Waals surface area contributed by atoms with Crippen LogP contribution in [0.15, 0.2) is 53.6 Å². The van der Waals surface area contributed by atoms with Crippen LogP contribution in [0.1, 0.15) is 12.5 Å². The van der Waals surface area contributed by atoms with Crippen LogP contribution in [-0.2, 0) is 4.79 Å². The molecule has 0 heterocycles. The summed E-state index contributed by atoms with van der Waals surface area (Å²) in [6.45, 7) is 2.36. The van der Waals surface area contributed by atoms with Crippen molar-refractivity contribution in [3.05, 3.63) is 54.1 Å². The zero-order valence-electron chi connectivity index (χ0n) is 13.7. The molecule has 6 nitrogen and oxygen atoms in total. The number of amides is 1. The maximum atomic E-state index is 11.7. The first-order chi connectivity index (χ1) is 11.7. The molecule has 0 unspecified atom stereocenters. The SMILES string of the molecule is CCOc1ccc(C=NNC(=O)COc2ccccc2)cc1OC. The first-order valence-corrected chi connectivity index (χ1v) is 7.53. The molecular formula is C18H20N2O4. The van der Waals surface area contributed by atoms with E-state index in [1.807, 2.05) is 31.2 Å². The minimum Gasteiger partial charge on any atom is -0.493 e. The number of nitrogens with zero attached hydrogens (tertiary/aromatic N) is 1. The summed E-state index contributed by atoms with van der Waals surface area (Å²) in [5.74, 6) is 1.57. The number of ether oxygens (including phenoxy) is 3. The number of carbonyl (C=O) groups excluding carboxylic acids is 1. The normalized spacial score (nSPS) is 10.4. The summed E-state index contributed by atoms with van der Waals surface area (Å²) in [4.78, 5) is 11.7. The number of methoxy groups -OCH3 is 1. The third-order valence-electron chi connectivity index (χ3n) is 3.00. The molecule has 2 rings (SSSR count). The Balaban J connectivity index is 1.85. The van der Waals surface area contributed by atoms with Crippen LogP contribution in [0, 0.1) is 0 Å². The molecule has 0 aliphatic carbocycles. The van der Waals surface area contributed by atoms with E-state index in [-0.39, 0.29) is 12.5 Å². The molecule has 0 bridgehead atoms. The fourth-order valence-corrected chi connectivity index (χ4v) is 1.92. The average molecular weight is 328 g/mol. The van der Waals surface area contributed by atoms with Crippen molar-refractivity contribution in [3.8, 4) is 17.2 Å². The number of hydrazone groups is 1. The van der Waals surface area contributed by atoms with Crippen LogP contribution >= 0.6 is 0 Å². The Labute approximate surface area is 141 Å². The van der Waals surface area contributed by atoms with Gasteiger partial charge in [0.15, 0.2) is 18.1 Å². The number of nitrogens with one attached hydrogen (secondary N) is 1. The third kappa shape index (κ3) is 5.31. The van der Waals surface area contributed by atoms with Crippen LogP contribution in [0.25, 0.3) is 0 Å². The maximum absolute atomic E-state index is 11.7. The van der Waals surface area contributed by atoms with Gasteiger partial charge in [-0.25, -0.2) is 5.43 Å². The fraction of sp³-hybridized carbons (Fsp3) is 0.222. The number of carbonyl (C=O) groups is 1. The first kappa shape index (κ1) is 17.3. The monoisotopic (exact) mass is 328 g/mol. The van der Waals surface area contributed by atoms with Gasteiger partial charge in [0.2, 0.25) is 0 Å². The van der Waals surface area contributed by atoms with Gasteiger partial charge in [-0.3, -0.25) is 4.79 Å². The van der Waals surface area contributed by atoms with Gasteiger partial charge in [0.25, 0.3) is 5.91 Å². The van der Waals surface area contributed by atoms with E-state index in [0.717, 1.165) is 5.56 Å². The van der Waals surface area contributed by atoms with Crippen molar-refractivity contribution in [3.63, 3.8) is 0 Å². The molecule has 0 aliphatic heterocycles. The first-order valence-electron chi connectivity index (χ1n) is 7.53. The van der Waals surface area contributed by atoms with Gasteiger partial charge in [0.1, 0.15) is 5.75 Å². The Morgan fingerprint density at radius 2 is 1.92 bits per heavy atom. The lowest BCUT2D eigenvalue weighted by Crippen LogP contribution is -2.24. The molecule has 2 aromatic rings. The largest absolute Gasteiger partial charge is 0.493 e. The Morgan fingerprint density at radius 3 is 2.62 bits per heavy atom. The number of benzene rings is 2. The lowest BCUT2D eigenvalue weighted by Gasteiger charge is -2.09. The molecular weight excluding hydrogens is 308 g/mol. The molecule has 0 aromatic heterocycles. The van der Waals surface area contributed by atoms with Crippen LogP contribution in [0.3, 0.4) is 0 Å². The van der Waals surface area contributed by atoms with Gasteiger partial charge in [-0.2, -0.15) is 5.10 Å². The molecule has 0 saturated carbocycles. The smallest absolute Gasteiger partial charge is 0.277 e. The highest BCUT2D eigenvalue weighted by atomic mass is 16.5. The average Bonchev–Trinajstić information content (AvgIpc) is 2.62. The van der Waals surface area contributed by atoms with E-state index in [0.29, 0.717) is 23.9 Å². The quantitative estimate of drug-likeness (QED) is 0.597. The van der Waals surface area contributed by atoms with E-state index in [4.69, 9.17) is 14.2 Å². The Bertz CT molecular complexity index is 687. The predicted molar refractivity (Wildman–Crippen MR) is 91.8 cm³/mol. The minimum absolute atomic E-state index is 0.103. The number of hydrogen-bond donors (Lipinski definition) is 1. The van der Waals surface area contributed by atoms with E-state index in [2.05, 4.69) is 10.5 Å². The molecule has 0 radical (unpaired) electrons. The molecule has 126 valence electrons. The number of rotatable bonds is 8. The fourth-order valence-electron chi connectivity index (χ4n) is 1.92. The molecule has 0 atom stereocenters. The molecule has 0 saturated heterocycles. The standard InChI is InChI=1S/C18H20N2O4/c1-3-23-16-10-9-14(11-17(16)22-2)12-19-20-18(21)13-24-15-7-5-4-6-8-15/h4-12H,3,13H2,1-2H3,(H,20,21). The van der Waals surface area contributed by atoms with E-state index < -0.39 is 0 Å². The topological polar surface area (TPSA) is 69.2 Å². The minimum atomic E-state index is -0.340. The van der Waals surface area contributed by atoms with Gasteiger partial charge >= 0.3 is 0 Å². The van der Waals surface area contributed by atoms with Crippen LogP contribution in [0.5, 0.6) is 17.2 Å². The van der Waals surface area contributed by atoms with Crippen molar-refractivity contribution in [2.24, 2.45) is 5.10 Å². The predicted octanol–water partition coefficient (Wildman–Crippen LogP) is 2.62. The molecule has 6 heteroatoms. The molecule has 2 aromatic carbocycles. The van der Waals surface area contributed by atoms with Crippen molar-refractivity contribution in [2.75, 3.05) is 20.3 Å². The van der Waals surface area contributed by atoms with Crippen LogP contribution in [0.4, 0.5) is 0 Å². The maximum Gasteiger partial charge on any atom is 0.277 e. The van der Waals surface area contributed by atoms with Crippen molar-refractivity contribution >= 4 is 12.1 Å². The Hall–Kier alpha value is -3.02. The zero-order chi connectivity index (χ0) is 17.2. The summed E-state index contributed by atoms with van der Waals surface area (Å²) in [5.41, 5.74) is 3.19. The lowest BCUT2D eigenvalue weighted by atomic mass is 10.2. The highest BCUT2D eigenvalue weighted by Crippen LogP contribution is 2.27. The second-order valence-corrected chi connectivity index (χ2v) is 4.74. The molecule has 24 heavy (non-hydrogen) atoms. The van der Waals surface area contributed by atoms with E-state index >= 15 is 0 Å². The molecule has 1 N–H and O–H groups in total. The summed E-state index contributed by atoms with van der Waals surface area (Å²) < 4.78 is 16.0. The summed E-state index contributed by atoms with van der Waals surface area (Å²) in [6.07, 6.45) is 1.53. The second kappa shape index (κ2) is 9.19. The van der Waals surface area contributed by atoms with Gasteiger partial charge in [0.05, 0.1) is 19.9 Å². The van der Waals surface area contributed by atoms with E-state index in [9.17, 15) is 4.79 Å². The van der Waals surface area contributed by atoms with Crippen molar-refractivity contribution in [2.45, 2.75) is 6.92 Å². The second-order valence-electron chi connectivity index (χ2n) is 4.74. The van der Waals surface area contributed by atoms with Crippen molar-refractivity contribution in [1.29, 1.82) is 0 Å². The number of hydrogen-bond acceptors (Lipinski definition) is 5. The van der Waals surface area contributed by atoms with Gasteiger partial charge in [-0.1, -0.05) is 18.2 Å². The summed E-state index contributed by atoms with van der Waals surface area (Å²) in [6, 6.07) is 14.5. The zero-order valence-corrected chi connectivity index (χ0v) is 13.7. The van der Waals surface area contributed by atoms with Gasteiger partial charge in [0, 0.05) is 0 Å². The van der Waals surface area contributed by atoms with Crippen LogP contribution < -0.4 is 19.6 Å². The highest BCUT2D eigenvalue weighted by molar-refractivity contribution is 5.83. The van der Waals surface area contributed by atoms with E-state index in [1.165, 1.54) is 6.21 Å². The summed E-state index contributed by atoms with van der Waals surface area (Å²) in [7, 11) is 1.57. The molecule has 0 fully saturated rings. The lowest BCUT2D eigenvalue weighted by molar-refractivity contribution is -0.123. The Kier molecular flexibility index (Phi) is 6.64. The van der Waals surface area contributed by atoms with Gasteiger partial charge in [-0.05, 0) is 42.8 Å². The summed E-state index contributed by atoms with van der Waals surface area (Å²) >= 11 is 0. The third-order valence-corrected chi connectivity index (χ3v) is 3.00. The van der Waals surface area contributed by atoms with Gasteiger partial charge < -0.3 is 14.2 Å². The highest BCUT2D eigenvalue weighted by Gasteiger charge is 2.04. The number of para-hydroxylation sites is 1. The summed E-state index contributed by atoms with van der Waals surface area (Å²) in [5, 5.41) is 3.90. The molecule has 0 spiro atoms.